The van der Waals surface area contributed by atoms with Crippen LogP contribution >= 0.6 is 23.8 Å². The van der Waals surface area contributed by atoms with E-state index < -0.39 is 23.8 Å². The third-order valence-corrected chi connectivity index (χ3v) is 16.5. The van der Waals surface area contributed by atoms with E-state index in [1.807, 2.05) is 0 Å². The Morgan fingerprint density at radius 2 is 0.300 bits per heavy atom. The first kappa shape index (κ1) is 44.0. The molecule has 0 aromatic heterocycles. The zero-order chi connectivity index (χ0) is 41.5. The van der Waals surface area contributed by atoms with Gasteiger partial charge in [0, 0.05) is 0 Å². The molecule has 0 aliphatic rings. The van der Waals surface area contributed by atoms with Gasteiger partial charge in [-0.25, -0.2) is 0 Å². The van der Waals surface area contributed by atoms with E-state index in [9.17, 15) is 0 Å². The number of hydrogen-bond acceptors (Lipinski definition) is 1. The third kappa shape index (κ3) is 13.2. The predicted octanol–water partition coefficient (Wildman–Crippen LogP) is 9.67. The van der Waals surface area contributed by atoms with Gasteiger partial charge >= 0.3 is 27.1 Å². The molecule has 0 aliphatic heterocycles. The summed E-state index contributed by atoms with van der Waals surface area (Å²) in [6.45, 7) is 0. The summed E-state index contributed by atoms with van der Waals surface area (Å²) in [5.41, 5.74) is 0. The van der Waals surface area contributed by atoms with Gasteiger partial charge in [0.1, 0.15) is 0 Å². The molecule has 0 bridgehead atoms. The van der Waals surface area contributed by atoms with Gasteiger partial charge in [-0.1, -0.05) is 273 Å². The van der Waals surface area contributed by atoms with Gasteiger partial charge in [-0.15, -0.1) is 0 Å². The van der Waals surface area contributed by atoms with Crippen LogP contribution in [0.4, 0.5) is 0 Å². The zero-order valence-electron chi connectivity index (χ0n) is 33.1. The molecule has 9 aromatic rings. The molecule has 0 radical (unpaired) electrons. The molecule has 9 rings (SSSR count). The summed E-state index contributed by atoms with van der Waals surface area (Å²) < 4.78 is 1.43. The van der Waals surface area contributed by atoms with Crippen LogP contribution in [0.3, 0.4) is 0 Å². The number of carbonyl (C=O) groups excluding carboxylic acids is 1. The molecule has 5 heteroatoms. The topological polar surface area (TPSA) is 17.1 Å². The van der Waals surface area contributed by atoms with Crippen molar-refractivity contribution in [3.63, 3.8) is 0 Å². The van der Waals surface area contributed by atoms with Crippen LogP contribution in [-0.4, -0.2) is 4.47 Å². The second-order valence-corrected chi connectivity index (χ2v) is 20.1. The van der Waals surface area contributed by atoms with Crippen molar-refractivity contribution in [3.05, 3.63) is 273 Å². The van der Waals surface area contributed by atoms with Crippen molar-refractivity contribution < 1.29 is 22.6 Å². The number of benzene rings is 9. The average Bonchev–Trinajstić information content (AvgIpc) is 3.33. The molecular weight excluding hydrogens is 872 g/mol. The fourth-order valence-corrected chi connectivity index (χ4v) is 13.5. The van der Waals surface area contributed by atoms with Crippen LogP contribution in [0.15, 0.2) is 273 Å². The van der Waals surface area contributed by atoms with Gasteiger partial charge in [-0.3, -0.25) is 0 Å². The smallest absolute Gasteiger partial charge is 0.0134 e. The van der Waals surface area contributed by atoms with Crippen LogP contribution in [0.2, 0.25) is 0 Å². The molecule has 296 valence electrons. The first-order valence-electron chi connectivity index (χ1n) is 19.6. The van der Waals surface area contributed by atoms with E-state index >= 15 is 0 Å². The van der Waals surface area contributed by atoms with Crippen LogP contribution in [0, 0.1) is 0 Å². The Kier molecular flexibility index (Phi) is 18.5. The van der Waals surface area contributed by atoms with E-state index in [4.69, 9.17) is 4.79 Å². The quantitative estimate of drug-likeness (QED) is 0.104. The summed E-state index contributed by atoms with van der Waals surface area (Å²) >= 11 is 1.70. The molecule has 0 fully saturated rings. The summed E-state index contributed by atoms with van der Waals surface area (Å²) in [6.07, 6.45) is 0. The van der Waals surface area contributed by atoms with E-state index in [1.54, 1.807) is 17.9 Å². The molecule has 0 spiro atoms. The first-order chi connectivity index (χ1) is 29.8. The van der Waals surface area contributed by atoms with Gasteiger partial charge in [0.15, 0.2) is 0 Å². The first-order valence-corrected chi connectivity index (χ1v) is 24.5. The molecule has 0 heterocycles. The maximum absolute atomic E-state index is 8.65. The number of rotatable bonds is 9. The molecule has 1 nitrogen and oxygen atoms in total. The third-order valence-electron chi connectivity index (χ3n) is 9.13. The summed E-state index contributed by atoms with van der Waals surface area (Å²) in [5, 5.41) is 12.6. The average molecular weight is 919 g/mol. The molecule has 9 aromatic carbocycles. The van der Waals surface area contributed by atoms with E-state index in [2.05, 4.69) is 273 Å². The normalized spacial score (nSPS) is 10.2. The molecule has 60 heavy (non-hydrogen) atoms. The van der Waals surface area contributed by atoms with Gasteiger partial charge in [0.2, 0.25) is 0 Å². The summed E-state index contributed by atoms with van der Waals surface area (Å²) in [6, 6.07) is 97.0. The minimum atomic E-state index is -0.446. The van der Waals surface area contributed by atoms with Crippen LogP contribution in [0.5, 0.6) is 0 Å². The Labute approximate surface area is 369 Å². The second-order valence-electron chi connectivity index (χ2n) is 13.1. The van der Waals surface area contributed by atoms with Crippen LogP contribution in [-0.2, 0) is 22.6 Å². The van der Waals surface area contributed by atoms with Gasteiger partial charge < -0.3 is 0 Å². The fourth-order valence-electron chi connectivity index (χ4n) is 6.54. The van der Waals surface area contributed by atoms with Gasteiger partial charge in [-0.2, -0.15) is 0 Å². The fraction of sp³-hybridized carbons (Fsp3) is 0. The molecule has 0 unspecified atom stereocenters. The Bertz CT molecular complexity index is 1960. The van der Waals surface area contributed by atoms with Crippen molar-refractivity contribution in [1.29, 1.82) is 0 Å². The predicted molar refractivity (Wildman–Crippen MR) is 263 cm³/mol. The summed E-state index contributed by atoms with van der Waals surface area (Å²) in [7, 11) is -1.34. The van der Waals surface area contributed by atoms with Crippen LogP contribution in [0.25, 0.3) is 0 Å². The maximum Gasteiger partial charge on any atom is -0.0134 e. The molecule has 0 saturated heterocycles. The largest absolute Gasteiger partial charge is 0.0622 e. The van der Waals surface area contributed by atoms with Gasteiger partial charge in [-0.05, 0) is 71.5 Å². The summed E-state index contributed by atoms with van der Waals surface area (Å²) in [4.78, 5) is 8.65. The van der Waals surface area contributed by atoms with Crippen LogP contribution < -0.4 is 47.7 Å². The standard InChI is InChI=1S/3C18H15P.CO.Rh.H/c3*1-4-10-16(11-5-1)19(17-12-6-2-7-13-17)18-14-8-3-9-15-18;1-2;;/h3*1-15H;;;. The van der Waals surface area contributed by atoms with Crippen molar-refractivity contribution in [2.24, 2.45) is 0 Å². The molecule has 0 amide bonds. The van der Waals surface area contributed by atoms with E-state index in [0.717, 1.165) is 0 Å². The minimum absolute atomic E-state index is 0.446. The summed E-state index contributed by atoms with van der Waals surface area (Å²) in [5.74, 6) is 0. The Morgan fingerprint density at radius 3 is 0.383 bits per heavy atom. The molecule has 0 aliphatic carbocycles. The van der Waals surface area contributed by atoms with Crippen molar-refractivity contribution in [2.45, 2.75) is 0 Å². The minimum Gasteiger partial charge on any atom is -0.0622 e. The monoisotopic (exact) mass is 918 g/mol. The van der Waals surface area contributed by atoms with Crippen molar-refractivity contribution in [2.75, 3.05) is 0 Å². The molecule has 0 saturated carbocycles. The molecular formula is C55H46OP3Rh. The maximum atomic E-state index is 8.65. The van der Waals surface area contributed by atoms with Gasteiger partial charge in [0.25, 0.3) is 0 Å². The van der Waals surface area contributed by atoms with Crippen LogP contribution in [0.1, 0.15) is 0 Å². The molecule has 0 N–H and O–H groups in total. The van der Waals surface area contributed by atoms with Crippen molar-refractivity contribution >= 4 is 76.0 Å². The van der Waals surface area contributed by atoms with E-state index in [0.29, 0.717) is 0 Å². The number of hydrogen-bond donors (Lipinski definition) is 0. The van der Waals surface area contributed by atoms with Gasteiger partial charge in [0.05, 0.1) is 0 Å². The Hall–Kier alpha value is -5.53. The van der Waals surface area contributed by atoms with E-state index in [1.165, 1.54) is 52.2 Å². The second kappa shape index (κ2) is 25.2. The Morgan fingerprint density at radius 1 is 0.217 bits per heavy atom. The molecule has 0 atom stereocenters. The van der Waals surface area contributed by atoms with Crippen molar-refractivity contribution in [3.8, 4) is 0 Å². The van der Waals surface area contributed by atoms with Crippen molar-refractivity contribution in [1.82, 2.24) is 0 Å². The van der Waals surface area contributed by atoms with E-state index in [-0.39, 0.29) is 0 Å². The zero-order valence-corrected chi connectivity index (χ0v) is 37.5. The SMILES string of the molecule is O=[C]=[RhH].c1ccc(P(c2ccccc2)c2ccccc2)cc1.c1ccc(P(c2ccccc2)c2ccccc2)cc1.c1ccc(P(c2ccccc2)c2ccccc2)cc1. The Balaban J connectivity index is 0.000000146.